The summed E-state index contributed by atoms with van der Waals surface area (Å²) in [5.41, 5.74) is -4.66. The van der Waals surface area contributed by atoms with Crippen LogP contribution in [0.3, 0.4) is 0 Å². The third kappa shape index (κ3) is 4.80. The van der Waals surface area contributed by atoms with Crippen molar-refractivity contribution in [3.8, 4) is 11.3 Å². The number of aliphatic hydroxyl groups is 1. The normalized spacial score (nSPS) is 17.9. The minimum Gasteiger partial charge on any atom is -0.395 e. The minimum atomic E-state index is -5.15. The van der Waals surface area contributed by atoms with Gasteiger partial charge in [-0.05, 0) is 37.6 Å². The molecule has 1 aliphatic heterocycles. The number of piperidine rings is 1. The number of anilines is 1. The number of β-amino-alcohol motifs (C(OH)–C–C–N with tert-alkyl or cyclic N) is 1. The van der Waals surface area contributed by atoms with Gasteiger partial charge >= 0.3 is 12.4 Å². The van der Waals surface area contributed by atoms with E-state index in [1.165, 1.54) is 10.6 Å². The summed E-state index contributed by atoms with van der Waals surface area (Å²) in [5.74, 6) is -0.814. The third-order valence-corrected chi connectivity index (χ3v) is 5.70. The Morgan fingerprint density at radius 2 is 1.82 bits per heavy atom. The second-order valence-corrected chi connectivity index (χ2v) is 8.02. The van der Waals surface area contributed by atoms with Gasteiger partial charge in [-0.15, -0.1) is 10.2 Å². The summed E-state index contributed by atoms with van der Waals surface area (Å²) in [7, 11) is 0. The van der Waals surface area contributed by atoms with E-state index in [4.69, 9.17) is 5.11 Å². The van der Waals surface area contributed by atoms with E-state index in [0.717, 1.165) is 25.5 Å². The van der Waals surface area contributed by atoms with Crippen LogP contribution in [0.2, 0.25) is 0 Å². The summed E-state index contributed by atoms with van der Waals surface area (Å²) in [6.45, 7) is 1.82. The number of aliphatic hydroxyl groups excluding tert-OH is 1. The first kappa shape index (κ1) is 24.2. The molecule has 2 aromatic heterocycles. The highest BCUT2D eigenvalue weighted by Gasteiger charge is 2.39. The quantitative estimate of drug-likeness (QED) is 0.517. The Morgan fingerprint density at radius 3 is 2.50 bits per heavy atom. The first-order chi connectivity index (χ1) is 16.0. The molecule has 1 fully saturated rings. The number of alkyl halides is 6. The number of aromatic nitrogens is 3. The van der Waals surface area contributed by atoms with Crippen LogP contribution in [-0.4, -0.2) is 56.9 Å². The molecule has 1 saturated heterocycles. The van der Waals surface area contributed by atoms with Crippen LogP contribution >= 0.6 is 0 Å². The maximum Gasteiger partial charge on any atom is 0.417 e. The van der Waals surface area contributed by atoms with Gasteiger partial charge in [0, 0.05) is 30.9 Å². The smallest absolute Gasteiger partial charge is 0.395 e. The molecule has 3 aromatic rings. The standard InChI is InChI=1S/C21H20F7N5O/c22-16-5-7-33-18(16)17(14-4-3-12(20(23,24)25)10-15(14)21(26,27)28)30-31-19(33)29-13-2-1-6-32(11-13)8-9-34/h3-5,7,10,13,34H,1-2,6,8-9,11H2,(H,29,31). The van der Waals surface area contributed by atoms with Gasteiger partial charge in [-0.1, -0.05) is 6.07 Å². The van der Waals surface area contributed by atoms with Gasteiger partial charge in [0.2, 0.25) is 5.95 Å². The minimum absolute atomic E-state index is 0.0110. The zero-order chi connectivity index (χ0) is 24.7. The van der Waals surface area contributed by atoms with Crippen molar-refractivity contribution >= 4 is 11.5 Å². The lowest BCUT2D eigenvalue weighted by atomic mass is 10.00. The second kappa shape index (κ2) is 9.02. The second-order valence-electron chi connectivity index (χ2n) is 8.02. The number of hydrogen-bond donors (Lipinski definition) is 2. The zero-order valence-electron chi connectivity index (χ0n) is 17.6. The lowest BCUT2D eigenvalue weighted by Gasteiger charge is -2.32. The highest BCUT2D eigenvalue weighted by molar-refractivity contribution is 5.80. The summed E-state index contributed by atoms with van der Waals surface area (Å²) in [6.07, 6.45) is -7.30. The number of likely N-dealkylation sites (tertiary alicyclic amines) is 1. The molecule has 0 saturated carbocycles. The molecule has 1 atom stereocenters. The first-order valence-corrected chi connectivity index (χ1v) is 10.4. The molecule has 1 aliphatic rings. The third-order valence-electron chi connectivity index (χ3n) is 5.70. The van der Waals surface area contributed by atoms with Crippen LogP contribution in [-0.2, 0) is 12.4 Å². The van der Waals surface area contributed by atoms with Crippen molar-refractivity contribution in [1.82, 2.24) is 19.5 Å². The van der Waals surface area contributed by atoms with Crippen LogP contribution in [0.1, 0.15) is 24.0 Å². The predicted molar refractivity (Wildman–Crippen MR) is 109 cm³/mol. The van der Waals surface area contributed by atoms with Crippen molar-refractivity contribution in [2.45, 2.75) is 31.2 Å². The molecule has 13 heteroatoms. The maximum absolute atomic E-state index is 14.7. The lowest BCUT2D eigenvalue weighted by molar-refractivity contribution is -0.142. The van der Waals surface area contributed by atoms with E-state index in [1.54, 1.807) is 0 Å². The average Bonchev–Trinajstić information content (AvgIpc) is 3.15. The predicted octanol–water partition coefficient (Wildman–Crippen LogP) is 4.44. The van der Waals surface area contributed by atoms with Gasteiger partial charge in [0.05, 0.1) is 17.7 Å². The molecule has 3 heterocycles. The Labute approximate surface area is 189 Å². The van der Waals surface area contributed by atoms with Crippen molar-refractivity contribution in [3.05, 3.63) is 47.4 Å². The van der Waals surface area contributed by atoms with Crippen LogP contribution < -0.4 is 5.32 Å². The molecular weight excluding hydrogens is 471 g/mol. The molecule has 34 heavy (non-hydrogen) atoms. The number of nitrogens with one attached hydrogen (secondary N) is 1. The van der Waals surface area contributed by atoms with Gasteiger partial charge < -0.3 is 10.4 Å². The van der Waals surface area contributed by atoms with Gasteiger partial charge in [0.1, 0.15) is 11.2 Å². The van der Waals surface area contributed by atoms with Gasteiger partial charge in [-0.25, -0.2) is 4.39 Å². The summed E-state index contributed by atoms with van der Waals surface area (Å²) in [5, 5.41) is 20.0. The molecule has 6 nitrogen and oxygen atoms in total. The molecule has 0 amide bonds. The zero-order valence-corrected chi connectivity index (χ0v) is 17.6. The molecule has 184 valence electrons. The van der Waals surface area contributed by atoms with Crippen LogP contribution in [0.25, 0.3) is 16.8 Å². The highest BCUT2D eigenvalue weighted by Crippen LogP contribution is 2.41. The molecule has 4 rings (SSSR count). The maximum atomic E-state index is 14.7. The molecule has 0 aliphatic carbocycles. The number of rotatable bonds is 5. The number of hydrogen-bond acceptors (Lipinski definition) is 5. The summed E-state index contributed by atoms with van der Waals surface area (Å²) >= 11 is 0. The number of halogens is 7. The molecule has 2 N–H and O–H groups in total. The molecule has 1 unspecified atom stereocenters. The summed E-state index contributed by atoms with van der Waals surface area (Å²) in [6, 6.07) is 1.99. The van der Waals surface area contributed by atoms with E-state index in [9.17, 15) is 30.7 Å². The molecule has 0 spiro atoms. The Morgan fingerprint density at radius 1 is 1.06 bits per heavy atom. The largest absolute Gasteiger partial charge is 0.417 e. The monoisotopic (exact) mass is 491 g/mol. The van der Waals surface area contributed by atoms with Crippen molar-refractivity contribution in [2.24, 2.45) is 0 Å². The Balaban J connectivity index is 1.77. The van der Waals surface area contributed by atoms with Crippen LogP contribution in [0.5, 0.6) is 0 Å². The molecular formula is C21H20F7N5O. The van der Waals surface area contributed by atoms with Gasteiger partial charge in [-0.2, -0.15) is 26.3 Å². The van der Waals surface area contributed by atoms with Crippen molar-refractivity contribution in [1.29, 1.82) is 0 Å². The van der Waals surface area contributed by atoms with E-state index in [0.29, 0.717) is 25.2 Å². The van der Waals surface area contributed by atoms with Crippen LogP contribution in [0.15, 0.2) is 30.5 Å². The van der Waals surface area contributed by atoms with E-state index in [1.807, 2.05) is 4.90 Å². The summed E-state index contributed by atoms with van der Waals surface area (Å²) < 4.78 is 96.0. The fourth-order valence-corrected chi connectivity index (χ4v) is 4.15. The topological polar surface area (TPSA) is 65.7 Å². The fraction of sp³-hybridized carbons (Fsp3) is 0.429. The van der Waals surface area contributed by atoms with Gasteiger partial charge in [0.15, 0.2) is 5.82 Å². The van der Waals surface area contributed by atoms with Gasteiger partial charge in [-0.3, -0.25) is 9.30 Å². The summed E-state index contributed by atoms with van der Waals surface area (Å²) in [4.78, 5) is 2.02. The molecule has 0 radical (unpaired) electrons. The molecule has 1 aromatic carbocycles. The van der Waals surface area contributed by atoms with E-state index in [2.05, 4.69) is 15.5 Å². The number of fused-ring (bicyclic) bond motifs is 1. The Kier molecular flexibility index (Phi) is 6.42. The van der Waals surface area contributed by atoms with E-state index >= 15 is 0 Å². The SMILES string of the molecule is OCCN1CCCC(Nc2nnc(-c3ccc(C(F)(F)F)cc3C(F)(F)F)c3c(F)ccn23)C1. The Hall–Kier alpha value is -2.93. The highest BCUT2D eigenvalue weighted by atomic mass is 19.4. The lowest BCUT2D eigenvalue weighted by Crippen LogP contribution is -2.43. The molecule has 0 bridgehead atoms. The number of benzene rings is 1. The van der Waals surface area contributed by atoms with E-state index < -0.39 is 40.6 Å². The Bertz CT molecular complexity index is 1170. The van der Waals surface area contributed by atoms with Crippen molar-refractivity contribution in [3.63, 3.8) is 0 Å². The van der Waals surface area contributed by atoms with Crippen LogP contribution in [0, 0.1) is 5.82 Å². The van der Waals surface area contributed by atoms with Crippen LogP contribution in [0.4, 0.5) is 36.7 Å². The van der Waals surface area contributed by atoms with Crippen molar-refractivity contribution < 1.29 is 35.8 Å². The fourth-order valence-electron chi connectivity index (χ4n) is 4.15. The van der Waals surface area contributed by atoms with Gasteiger partial charge in [0.25, 0.3) is 0 Å². The van der Waals surface area contributed by atoms with E-state index in [-0.39, 0.29) is 30.2 Å². The van der Waals surface area contributed by atoms with Crippen molar-refractivity contribution in [2.75, 3.05) is 31.6 Å². The first-order valence-electron chi connectivity index (χ1n) is 10.4. The number of nitrogens with zero attached hydrogens (tertiary/aromatic N) is 4. The average molecular weight is 491 g/mol.